The summed E-state index contributed by atoms with van der Waals surface area (Å²) in [6.07, 6.45) is 2.40. The minimum absolute atomic E-state index is 0.778. The normalized spacial score (nSPS) is 22.1. The first kappa shape index (κ1) is 9.04. The van der Waals surface area contributed by atoms with Gasteiger partial charge in [-0.15, -0.1) is 0 Å². The highest BCUT2D eigenvalue weighted by molar-refractivity contribution is 6.31. The average molecular weight is 196 g/mol. The van der Waals surface area contributed by atoms with Gasteiger partial charge in [0.25, 0.3) is 0 Å². The highest BCUT2D eigenvalue weighted by Gasteiger charge is 2.15. The van der Waals surface area contributed by atoms with E-state index >= 15 is 0 Å². The zero-order chi connectivity index (χ0) is 9.10. The molecule has 0 aromatic heterocycles. The van der Waals surface area contributed by atoms with E-state index in [4.69, 9.17) is 11.6 Å². The lowest BCUT2D eigenvalue weighted by Gasteiger charge is -2.09. The first-order valence-electron chi connectivity index (χ1n) is 4.80. The third kappa shape index (κ3) is 2.23. The fourth-order valence-corrected chi connectivity index (χ4v) is 2.08. The van der Waals surface area contributed by atoms with Gasteiger partial charge in [-0.3, -0.25) is 0 Å². The van der Waals surface area contributed by atoms with Crippen molar-refractivity contribution < 1.29 is 0 Å². The van der Waals surface area contributed by atoms with Gasteiger partial charge in [-0.25, -0.2) is 0 Å². The molecule has 0 aliphatic carbocycles. The van der Waals surface area contributed by atoms with Crippen LogP contribution in [0.1, 0.15) is 12.0 Å². The van der Waals surface area contributed by atoms with Gasteiger partial charge in [-0.1, -0.05) is 29.8 Å². The Hall–Kier alpha value is -0.530. The quantitative estimate of drug-likeness (QED) is 0.765. The predicted molar refractivity (Wildman–Crippen MR) is 56.1 cm³/mol. The van der Waals surface area contributed by atoms with Gasteiger partial charge < -0.3 is 5.32 Å². The summed E-state index contributed by atoms with van der Waals surface area (Å²) in [5, 5.41) is 4.28. The number of benzene rings is 1. The van der Waals surface area contributed by atoms with Crippen molar-refractivity contribution in [3.63, 3.8) is 0 Å². The molecule has 2 rings (SSSR count). The SMILES string of the molecule is Clc1ccccc1C[C@H]1CCNC1. The van der Waals surface area contributed by atoms with Crippen molar-refractivity contribution in [3.8, 4) is 0 Å². The van der Waals surface area contributed by atoms with Crippen molar-refractivity contribution in [2.75, 3.05) is 13.1 Å². The summed E-state index contributed by atoms with van der Waals surface area (Å²) < 4.78 is 0. The number of nitrogens with one attached hydrogen (secondary N) is 1. The standard InChI is InChI=1S/C11H14ClN/c12-11-4-2-1-3-10(11)7-9-5-6-13-8-9/h1-4,9,13H,5-8H2/t9-/m1/s1. The topological polar surface area (TPSA) is 12.0 Å². The van der Waals surface area contributed by atoms with Gasteiger partial charge in [0.15, 0.2) is 0 Å². The molecule has 0 amide bonds. The molecule has 1 heterocycles. The highest BCUT2D eigenvalue weighted by atomic mass is 35.5. The molecule has 1 aromatic carbocycles. The summed E-state index contributed by atoms with van der Waals surface area (Å²) in [6.45, 7) is 2.31. The summed E-state index contributed by atoms with van der Waals surface area (Å²) in [5.41, 5.74) is 1.29. The molecule has 13 heavy (non-hydrogen) atoms. The van der Waals surface area contributed by atoms with E-state index in [1.807, 2.05) is 12.1 Å². The van der Waals surface area contributed by atoms with Crippen LogP contribution in [-0.4, -0.2) is 13.1 Å². The Morgan fingerprint density at radius 2 is 2.23 bits per heavy atom. The molecule has 0 radical (unpaired) electrons. The Morgan fingerprint density at radius 3 is 2.92 bits per heavy atom. The maximum absolute atomic E-state index is 6.08. The Balaban J connectivity index is 2.04. The first-order valence-corrected chi connectivity index (χ1v) is 5.18. The Labute approximate surface area is 84.1 Å². The monoisotopic (exact) mass is 195 g/mol. The summed E-state index contributed by atoms with van der Waals surface area (Å²) in [5.74, 6) is 0.778. The maximum Gasteiger partial charge on any atom is 0.0438 e. The second kappa shape index (κ2) is 4.12. The van der Waals surface area contributed by atoms with E-state index < -0.39 is 0 Å². The molecule has 1 N–H and O–H groups in total. The molecule has 1 aromatic rings. The molecule has 0 unspecified atom stereocenters. The fraction of sp³-hybridized carbons (Fsp3) is 0.455. The van der Waals surface area contributed by atoms with Crippen LogP contribution in [0.4, 0.5) is 0 Å². The number of halogens is 1. The molecule has 0 spiro atoms. The minimum Gasteiger partial charge on any atom is -0.316 e. The van der Waals surface area contributed by atoms with Crippen molar-refractivity contribution in [2.45, 2.75) is 12.8 Å². The molecule has 70 valence electrons. The van der Waals surface area contributed by atoms with Crippen LogP contribution in [0.5, 0.6) is 0 Å². The van der Waals surface area contributed by atoms with Gasteiger partial charge in [-0.05, 0) is 43.5 Å². The molecule has 0 saturated carbocycles. The Bertz CT molecular complexity index is 279. The maximum atomic E-state index is 6.08. The summed E-state index contributed by atoms with van der Waals surface area (Å²) in [7, 11) is 0. The lowest BCUT2D eigenvalue weighted by atomic mass is 9.99. The third-order valence-electron chi connectivity index (χ3n) is 2.63. The van der Waals surface area contributed by atoms with Gasteiger partial charge in [0.1, 0.15) is 0 Å². The van der Waals surface area contributed by atoms with E-state index in [1.165, 1.54) is 12.0 Å². The molecule has 1 saturated heterocycles. The smallest absolute Gasteiger partial charge is 0.0438 e. The molecule has 1 fully saturated rings. The summed E-state index contributed by atoms with van der Waals surface area (Å²) in [4.78, 5) is 0. The number of hydrogen-bond acceptors (Lipinski definition) is 1. The van der Waals surface area contributed by atoms with Gasteiger partial charge in [0.05, 0.1) is 0 Å². The zero-order valence-corrected chi connectivity index (χ0v) is 8.35. The second-order valence-corrected chi connectivity index (χ2v) is 4.06. The van der Waals surface area contributed by atoms with Crippen LogP contribution in [0.3, 0.4) is 0 Å². The van der Waals surface area contributed by atoms with Gasteiger partial charge in [-0.2, -0.15) is 0 Å². The molecule has 1 aliphatic rings. The lowest BCUT2D eigenvalue weighted by Crippen LogP contribution is -2.10. The van der Waals surface area contributed by atoms with Crippen LogP contribution in [0.2, 0.25) is 5.02 Å². The van der Waals surface area contributed by atoms with Gasteiger partial charge in [0.2, 0.25) is 0 Å². The molecule has 2 heteroatoms. The zero-order valence-electron chi connectivity index (χ0n) is 7.59. The molecule has 1 aliphatic heterocycles. The Morgan fingerprint density at radius 1 is 1.38 bits per heavy atom. The summed E-state index contributed by atoms with van der Waals surface area (Å²) in [6, 6.07) is 8.14. The number of hydrogen-bond donors (Lipinski definition) is 1. The van der Waals surface area contributed by atoms with Gasteiger partial charge in [0, 0.05) is 5.02 Å². The van der Waals surface area contributed by atoms with Crippen molar-refractivity contribution >= 4 is 11.6 Å². The van der Waals surface area contributed by atoms with E-state index in [-0.39, 0.29) is 0 Å². The fourth-order valence-electron chi connectivity index (χ4n) is 1.86. The molecular weight excluding hydrogens is 182 g/mol. The third-order valence-corrected chi connectivity index (χ3v) is 3.00. The van der Waals surface area contributed by atoms with E-state index in [9.17, 15) is 0 Å². The van der Waals surface area contributed by atoms with E-state index in [0.717, 1.165) is 30.5 Å². The largest absolute Gasteiger partial charge is 0.316 e. The number of rotatable bonds is 2. The van der Waals surface area contributed by atoms with E-state index in [0.29, 0.717) is 0 Å². The van der Waals surface area contributed by atoms with Crippen LogP contribution in [0, 0.1) is 5.92 Å². The summed E-state index contributed by atoms with van der Waals surface area (Å²) >= 11 is 6.08. The molecule has 1 nitrogen and oxygen atoms in total. The van der Waals surface area contributed by atoms with Crippen molar-refractivity contribution in [1.29, 1.82) is 0 Å². The van der Waals surface area contributed by atoms with Crippen LogP contribution in [0.15, 0.2) is 24.3 Å². The van der Waals surface area contributed by atoms with Crippen molar-refractivity contribution in [1.82, 2.24) is 5.32 Å². The van der Waals surface area contributed by atoms with Gasteiger partial charge >= 0.3 is 0 Å². The molecule has 0 bridgehead atoms. The van der Waals surface area contributed by atoms with Crippen LogP contribution < -0.4 is 5.32 Å². The van der Waals surface area contributed by atoms with Crippen molar-refractivity contribution in [3.05, 3.63) is 34.9 Å². The van der Waals surface area contributed by atoms with Crippen LogP contribution in [0.25, 0.3) is 0 Å². The minimum atomic E-state index is 0.778. The highest BCUT2D eigenvalue weighted by Crippen LogP contribution is 2.21. The Kier molecular flexibility index (Phi) is 2.87. The molecular formula is C11H14ClN. The van der Waals surface area contributed by atoms with Crippen LogP contribution >= 0.6 is 11.6 Å². The van der Waals surface area contributed by atoms with Crippen LogP contribution in [-0.2, 0) is 6.42 Å². The predicted octanol–water partition coefficient (Wildman–Crippen LogP) is 2.49. The van der Waals surface area contributed by atoms with Crippen molar-refractivity contribution in [2.24, 2.45) is 5.92 Å². The lowest BCUT2D eigenvalue weighted by molar-refractivity contribution is 0.580. The van der Waals surface area contributed by atoms with E-state index in [2.05, 4.69) is 17.4 Å². The second-order valence-electron chi connectivity index (χ2n) is 3.65. The average Bonchev–Trinajstić information content (AvgIpc) is 2.61. The first-order chi connectivity index (χ1) is 6.36. The molecule has 1 atom stereocenters. The van der Waals surface area contributed by atoms with E-state index in [1.54, 1.807) is 0 Å².